The molecule has 0 aromatic heterocycles. The summed E-state index contributed by atoms with van der Waals surface area (Å²) in [4.78, 5) is 23.1. The van der Waals surface area contributed by atoms with Crippen LogP contribution in [0.15, 0.2) is 97.1 Å². The monoisotopic (exact) mass is 461 g/mol. The van der Waals surface area contributed by atoms with Crippen LogP contribution in [-0.2, 0) is 0 Å². The summed E-state index contributed by atoms with van der Waals surface area (Å²) in [6, 6.07) is 26.5. The molecule has 1 amide bonds. The second-order valence-electron chi connectivity index (χ2n) is 9.11. The summed E-state index contributed by atoms with van der Waals surface area (Å²) in [7, 11) is 0. The van der Waals surface area contributed by atoms with Gasteiger partial charge in [-0.3, -0.25) is 14.9 Å². The standard InChI is InChI=1S/C29H23N3O3/c33-29(19-11-14-22(15-12-19)32(34)35)30-21-7-3-6-20(17-21)28-25-10-4-9-24(25)27-23-8-2-1-5-18(23)13-16-26(27)31-28/h1-9,11-17,24-25,28,31H,10H2,(H,30,33)/t24-,25+,28-/m0/s1. The van der Waals surface area contributed by atoms with Crippen molar-refractivity contribution in [1.29, 1.82) is 0 Å². The Hall–Kier alpha value is -4.45. The summed E-state index contributed by atoms with van der Waals surface area (Å²) in [5.41, 5.74) is 4.66. The van der Waals surface area contributed by atoms with Crippen LogP contribution in [0.25, 0.3) is 10.8 Å². The average Bonchev–Trinajstić information content (AvgIpc) is 3.38. The van der Waals surface area contributed by atoms with E-state index in [-0.39, 0.29) is 17.6 Å². The topological polar surface area (TPSA) is 84.3 Å². The van der Waals surface area contributed by atoms with Gasteiger partial charge in [0.15, 0.2) is 0 Å². The molecule has 0 fully saturated rings. The van der Waals surface area contributed by atoms with Crippen molar-refractivity contribution in [2.45, 2.75) is 18.4 Å². The normalized spacial score (nSPS) is 20.1. The fraction of sp³-hybridized carbons (Fsp3) is 0.138. The van der Waals surface area contributed by atoms with Crippen LogP contribution in [0, 0.1) is 16.0 Å². The molecular weight excluding hydrogens is 438 g/mol. The van der Waals surface area contributed by atoms with Crippen LogP contribution in [0.4, 0.5) is 17.1 Å². The van der Waals surface area contributed by atoms with Crippen molar-refractivity contribution >= 4 is 33.7 Å². The molecule has 0 unspecified atom stereocenters. The molecule has 1 heterocycles. The molecule has 2 N–H and O–H groups in total. The van der Waals surface area contributed by atoms with E-state index >= 15 is 0 Å². The third-order valence-electron chi connectivity index (χ3n) is 7.10. The molecule has 6 rings (SSSR count). The SMILES string of the molecule is O=C(Nc1cccc([C@@H]2Nc3ccc4ccccc4c3[C@H]3C=CC[C@H]32)c1)c1ccc([N+](=O)[O-])cc1. The summed E-state index contributed by atoms with van der Waals surface area (Å²) < 4.78 is 0. The molecule has 1 aliphatic carbocycles. The third kappa shape index (κ3) is 3.73. The average molecular weight is 462 g/mol. The van der Waals surface area contributed by atoms with Crippen molar-refractivity contribution < 1.29 is 9.72 Å². The van der Waals surface area contributed by atoms with Crippen molar-refractivity contribution in [3.05, 3.63) is 124 Å². The van der Waals surface area contributed by atoms with Crippen molar-refractivity contribution in [3.8, 4) is 0 Å². The fourth-order valence-corrected chi connectivity index (χ4v) is 5.46. The lowest BCUT2D eigenvalue weighted by Crippen LogP contribution is -2.29. The quantitative estimate of drug-likeness (QED) is 0.198. The fourth-order valence-electron chi connectivity index (χ4n) is 5.46. The summed E-state index contributed by atoms with van der Waals surface area (Å²) in [6.45, 7) is 0. The van der Waals surface area contributed by atoms with Crippen molar-refractivity contribution in [3.63, 3.8) is 0 Å². The molecule has 2 aliphatic rings. The number of nitro groups is 1. The first-order chi connectivity index (χ1) is 17.1. The van der Waals surface area contributed by atoms with Crippen LogP contribution in [0.5, 0.6) is 0 Å². The molecular formula is C29H23N3O3. The van der Waals surface area contributed by atoms with Gasteiger partial charge in [-0.25, -0.2) is 0 Å². The van der Waals surface area contributed by atoms with Gasteiger partial charge in [-0.05, 0) is 64.6 Å². The first kappa shape index (κ1) is 21.1. The van der Waals surface area contributed by atoms with Gasteiger partial charge >= 0.3 is 0 Å². The van der Waals surface area contributed by atoms with E-state index in [2.05, 4.69) is 65.3 Å². The van der Waals surface area contributed by atoms with E-state index in [1.54, 1.807) is 0 Å². The van der Waals surface area contributed by atoms with Crippen molar-refractivity contribution in [1.82, 2.24) is 0 Å². The number of hydrogen-bond acceptors (Lipinski definition) is 4. The Morgan fingerprint density at radius 3 is 2.63 bits per heavy atom. The van der Waals surface area contributed by atoms with Crippen LogP contribution in [-0.4, -0.2) is 10.8 Å². The largest absolute Gasteiger partial charge is 0.378 e. The number of hydrogen-bond donors (Lipinski definition) is 2. The second kappa shape index (κ2) is 8.40. The highest BCUT2D eigenvalue weighted by molar-refractivity contribution is 6.04. The molecule has 0 spiro atoms. The number of nitrogens with one attached hydrogen (secondary N) is 2. The maximum Gasteiger partial charge on any atom is 0.269 e. The van der Waals surface area contributed by atoms with E-state index in [1.807, 2.05) is 18.2 Å². The van der Waals surface area contributed by atoms with Crippen LogP contribution < -0.4 is 10.6 Å². The Balaban J connectivity index is 1.29. The predicted octanol–water partition coefficient (Wildman–Crippen LogP) is 6.83. The molecule has 0 radical (unpaired) electrons. The van der Waals surface area contributed by atoms with E-state index in [0.717, 1.165) is 17.7 Å². The van der Waals surface area contributed by atoms with Gasteiger partial charge in [0, 0.05) is 35.0 Å². The molecule has 3 atom stereocenters. The summed E-state index contributed by atoms with van der Waals surface area (Å²) in [5, 5.41) is 20.1. The van der Waals surface area contributed by atoms with Gasteiger partial charge in [0.1, 0.15) is 0 Å². The Morgan fingerprint density at radius 2 is 1.80 bits per heavy atom. The molecule has 172 valence electrons. The molecule has 4 aromatic rings. The Bertz CT molecular complexity index is 1490. The van der Waals surface area contributed by atoms with E-state index in [9.17, 15) is 14.9 Å². The molecule has 4 aromatic carbocycles. The van der Waals surface area contributed by atoms with E-state index < -0.39 is 4.92 Å². The molecule has 6 heteroatoms. The molecule has 6 nitrogen and oxygen atoms in total. The minimum atomic E-state index is -0.478. The second-order valence-corrected chi connectivity index (χ2v) is 9.11. The first-order valence-corrected chi connectivity index (χ1v) is 11.7. The lowest BCUT2D eigenvalue weighted by atomic mass is 9.75. The third-order valence-corrected chi connectivity index (χ3v) is 7.10. The van der Waals surface area contributed by atoms with Gasteiger partial charge in [-0.2, -0.15) is 0 Å². The maximum absolute atomic E-state index is 12.7. The highest BCUT2D eigenvalue weighted by Crippen LogP contribution is 2.51. The Kier molecular flexibility index (Phi) is 5.07. The number of anilines is 2. The molecule has 0 bridgehead atoms. The van der Waals surface area contributed by atoms with Crippen LogP contribution in [0.2, 0.25) is 0 Å². The molecule has 35 heavy (non-hydrogen) atoms. The predicted molar refractivity (Wildman–Crippen MR) is 138 cm³/mol. The number of nitrogens with zero attached hydrogens (tertiary/aromatic N) is 1. The van der Waals surface area contributed by atoms with E-state index in [1.165, 1.54) is 40.6 Å². The van der Waals surface area contributed by atoms with Gasteiger partial charge in [-0.1, -0.05) is 54.6 Å². The lowest BCUT2D eigenvalue weighted by molar-refractivity contribution is -0.384. The number of nitro benzene ring substituents is 1. The molecule has 1 aliphatic heterocycles. The minimum absolute atomic E-state index is 0.0419. The zero-order valence-corrected chi connectivity index (χ0v) is 18.8. The number of rotatable bonds is 4. The zero-order chi connectivity index (χ0) is 23.9. The molecule has 0 saturated heterocycles. The van der Waals surface area contributed by atoms with Crippen LogP contribution >= 0.6 is 0 Å². The highest BCUT2D eigenvalue weighted by atomic mass is 16.6. The lowest BCUT2D eigenvalue weighted by Gasteiger charge is -2.38. The van der Waals surface area contributed by atoms with Gasteiger partial charge in [0.2, 0.25) is 0 Å². The maximum atomic E-state index is 12.7. The highest BCUT2D eigenvalue weighted by Gasteiger charge is 2.38. The summed E-state index contributed by atoms with van der Waals surface area (Å²) >= 11 is 0. The summed E-state index contributed by atoms with van der Waals surface area (Å²) in [6.07, 6.45) is 5.61. The van der Waals surface area contributed by atoms with E-state index in [4.69, 9.17) is 0 Å². The number of carbonyl (C=O) groups excluding carboxylic acids is 1. The minimum Gasteiger partial charge on any atom is -0.378 e. The number of non-ortho nitro benzene ring substituents is 1. The number of fused-ring (bicyclic) bond motifs is 5. The van der Waals surface area contributed by atoms with Gasteiger partial charge in [-0.15, -0.1) is 0 Å². The molecule has 0 saturated carbocycles. The first-order valence-electron chi connectivity index (χ1n) is 11.7. The summed E-state index contributed by atoms with van der Waals surface area (Å²) in [5.74, 6) is 0.417. The van der Waals surface area contributed by atoms with Gasteiger partial charge in [0.05, 0.1) is 11.0 Å². The number of amides is 1. The van der Waals surface area contributed by atoms with Gasteiger partial charge < -0.3 is 10.6 Å². The Morgan fingerprint density at radius 1 is 0.971 bits per heavy atom. The number of carbonyl (C=O) groups is 1. The smallest absolute Gasteiger partial charge is 0.269 e. The van der Waals surface area contributed by atoms with Gasteiger partial charge in [0.25, 0.3) is 11.6 Å². The zero-order valence-electron chi connectivity index (χ0n) is 18.8. The van der Waals surface area contributed by atoms with E-state index in [0.29, 0.717) is 23.1 Å². The van der Waals surface area contributed by atoms with Crippen molar-refractivity contribution in [2.75, 3.05) is 10.6 Å². The number of allylic oxidation sites excluding steroid dienone is 2. The van der Waals surface area contributed by atoms with Crippen LogP contribution in [0.1, 0.15) is 39.9 Å². The van der Waals surface area contributed by atoms with Crippen LogP contribution in [0.3, 0.4) is 0 Å². The number of benzene rings is 4. The van der Waals surface area contributed by atoms with Crippen molar-refractivity contribution in [2.24, 2.45) is 5.92 Å². The Labute approximate surface area is 202 Å².